The fourth-order valence-corrected chi connectivity index (χ4v) is 2.19. The second-order valence-corrected chi connectivity index (χ2v) is 6.78. The first-order valence-corrected chi connectivity index (χ1v) is 8.04. The summed E-state index contributed by atoms with van der Waals surface area (Å²) >= 11 is 0. The predicted octanol–water partition coefficient (Wildman–Crippen LogP) is 1.31. The molecule has 142 valence electrons. The maximum Gasteiger partial charge on any atom is 0.308 e. The third kappa shape index (κ3) is 6.89. The van der Waals surface area contributed by atoms with Crippen LogP contribution in [0.4, 0.5) is 0 Å². The number of ketones is 1. The Balaban J connectivity index is 0.00000338. The fraction of sp³-hybridized carbons (Fsp3) is 0.471. The molecule has 0 spiro atoms. The minimum Gasteiger partial charge on any atom is -0.460 e. The number of carbonyl (C=O) groups excluding carboxylic acids is 2. The van der Waals surface area contributed by atoms with E-state index < -0.39 is 17.6 Å². The van der Waals surface area contributed by atoms with Gasteiger partial charge in [-0.25, -0.2) is 4.68 Å². The third-order valence-corrected chi connectivity index (χ3v) is 3.34. The molecule has 2 rings (SSSR count). The summed E-state index contributed by atoms with van der Waals surface area (Å²) in [5.41, 5.74) is 6.24. The lowest BCUT2D eigenvalue weighted by molar-refractivity contribution is -0.156. The molecule has 1 aromatic carbocycles. The van der Waals surface area contributed by atoms with Crippen molar-refractivity contribution in [2.24, 2.45) is 5.73 Å². The van der Waals surface area contributed by atoms with Gasteiger partial charge in [0, 0.05) is 6.42 Å². The Labute approximate surface area is 158 Å². The van der Waals surface area contributed by atoms with Crippen molar-refractivity contribution in [2.75, 3.05) is 0 Å². The van der Waals surface area contributed by atoms with E-state index in [1.54, 1.807) is 20.8 Å². The molecule has 0 fully saturated rings. The van der Waals surface area contributed by atoms with Gasteiger partial charge in [-0.3, -0.25) is 9.59 Å². The van der Waals surface area contributed by atoms with Gasteiger partial charge in [-0.2, -0.15) is 0 Å². The predicted molar refractivity (Wildman–Crippen MR) is 97.8 cm³/mol. The molecule has 0 amide bonds. The Morgan fingerprint density at radius 3 is 2.50 bits per heavy atom. The number of esters is 1. The highest BCUT2D eigenvalue weighted by Gasteiger charge is 2.23. The lowest BCUT2D eigenvalue weighted by atomic mass is 10.1. The van der Waals surface area contributed by atoms with Gasteiger partial charge < -0.3 is 10.5 Å². The summed E-state index contributed by atoms with van der Waals surface area (Å²) < 4.78 is 6.59. The zero-order chi connectivity index (χ0) is 18.4. The Morgan fingerprint density at radius 1 is 1.23 bits per heavy atom. The van der Waals surface area contributed by atoms with Gasteiger partial charge in [-0.15, -0.1) is 17.5 Å². The molecular formula is C17H24ClN5O3. The van der Waals surface area contributed by atoms with Gasteiger partial charge in [0.15, 0.2) is 11.6 Å². The molecule has 8 nitrogen and oxygen atoms in total. The Morgan fingerprint density at radius 2 is 1.88 bits per heavy atom. The van der Waals surface area contributed by atoms with Crippen molar-refractivity contribution in [1.82, 2.24) is 20.2 Å². The molecule has 0 aliphatic heterocycles. The molecule has 0 radical (unpaired) electrons. The van der Waals surface area contributed by atoms with Gasteiger partial charge >= 0.3 is 5.97 Å². The molecule has 0 aliphatic carbocycles. The van der Waals surface area contributed by atoms with Crippen molar-refractivity contribution in [3.05, 3.63) is 41.7 Å². The first-order chi connectivity index (χ1) is 11.7. The largest absolute Gasteiger partial charge is 0.460 e. The number of ether oxygens (including phenoxy) is 1. The van der Waals surface area contributed by atoms with E-state index in [1.165, 1.54) is 4.68 Å². The van der Waals surface area contributed by atoms with Crippen LogP contribution in [0, 0.1) is 0 Å². The van der Waals surface area contributed by atoms with Gasteiger partial charge in [0.05, 0.1) is 12.5 Å². The number of nitrogens with zero attached hydrogens (tertiary/aromatic N) is 4. The summed E-state index contributed by atoms with van der Waals surface area (Å²) in [5.74, 6) is -0.272. The normalized spacial score (nSPS) is 12.2. The lowest BCUT2D eigenvalue weighted by Crippen LogP contribution is -2.38. The van der Waals surface area contributed by atoms with Gasteiger partial charge in [-0.1, -0.05) is 30.3 Å². The average Bonchev–Trinajstić information content (AvgIpc) is 2.93. The van der Waals surface area contributed by atoms with Gasteiger partial charge in [0.1, 0.15) is 12.1 Å². The molecule has 1 atom stereocenters. The smallest absolute Gasteiger partial charge is 0.308 e. The number of benzene rings is 1. The monoisotopic (exact) mass is 381 g/mol. The highest BCUT2D eigenvalue weighted by molar-refractivity contribution is 5.87. The van der Waals surface area contributed by atoms with Crippen LogP contribution in [0.15, 0.2) is 30.3 Å². The van der Waals surface area contributed by atoms with E-state index in [-0.39, 0.29) is 31.2 Å². The van der Waals surface area contributed by atoms with E-state index in [2.05, 4.69) is 15.5 Å². The molecular weight excluding hydrogens is 358 g/mol. The van der Waals surface area contributed by atoms with Crippen LogP contribution >= 0.6 is 12.4 Å². The molecule has 2 N–H and O–H groups in total. The minimum atomic E-state index is -0.955. The highest BCUT2D eigenvalue weighted by Crippen LogP contribution is 2.10. The number of halogens is 1. The zero-order valence-corrected chi connectivity index (χ0v) is 15.9. The van der Waals surface area contributed by atoms with Crippen LogP contribution in [0.25, 0.3) is 0 Å². The van der Waals surface area contributed by atoms with Crippen LogP contribution in [0.5, 0.6) is 0 Å². The second kappa shape index (κ2) is 9.40. The maximum atomic E-state index is 12.3. The lowest BCUT2D eigenvalue weighted by Gasteiger charge is -2.20. The molecule has 2 aromatic rings. The number of Topliss-reactive ketones (excluding diaryl/α,β-unsaturated/α-hetero) is 1. The van der Waals surface area contributed by atoms with E-state index in [1.807, 2.05) is 30.3 Å². The second-order valence-electron chi connectivity index (χ2n) is 6.78. The molecule has 0 aliphatic rings. The maximum absolute atomic E-state index is 12.3. The molecule has 26 heavy (non-hydrogen) atoms. The van der Waals surface area contributed by atoms with Gasteiger partial charge in [0.2, 0.25) is 0 Å². The quantitative estimate of drug-likeness (QED) is 0.719. The van der Waals surface area contributed by atoms with Crippen LogP contribution < -0.4 is 5.73 Å². The van der Waals surface area contributed by atoms with Crippen molar-refractivity contribution in [2.45, 2.75) is 51.8 Å². The Hall–Kier alpha value is -2.32. The summed E-state index contributed by atoms with van der Waals surface area (Å²) in [6, 6.07) is 8.72. The summed E-state index contributed by atoms with van der Waals surface area (Å²) in [6.07, 6.45) is 0.328. The third-order valence-electron chi connectivity index (χ3n) is 3.34. The van der Waals surface area contributed by atoms with E-state index in [0.717, 1.165) is 5.56 Å². The van der Waals surface area contributed by atoms with Crippen LogP contribution in [-0.2, 0) is 27.3 Å². The molecule has 9 heteroatoms. The summed E-state index contributed by atoms with van der Waals surface area (Å²) in [6.45, 7) is 5.19. The van der Waals surface area contributed by atoms with Crippen LogP contribution in [0.2, 0.25) is 0 Å². The molecule has 0 saturated heterocycles. The number of hydrogen-bond acceptors (Lipinski definition) is 7. The number of nitrogens with two attached hydrogens (primary N) is 1. The molecule has 0 bridgehead atoms. The zero-order valence-electron chi connectivity index (χ0n) is 15.1. The molecule has 1 heterocycles. The number of hydrogen-bond donors (Lipinski definition) is 1. The number of rotatable bonds is 7. The summed E-state index contributed by atoms with van der Waals surface area (Å²) in [4.78, 5) is 24.0. The fourth-order valence-electron chi connectivity index (χ4n) is 2.19. The average molecular weight is 382 g/mol. The minimum absolute atomic E-state index is 0. The Bertz CT molecular complexity index is 727. The van der Waals surface area contributed by atoms with Gasteiger partial charge in [0.25, 0.3) is 0 Å². The first-order valence-electron chi connectivity index (χ1n) is 8.04. The molecule has 1 aromatic heterocycles. The standard InChI is InChI=1S/C17H23N5O3.ClH/c1-17(2,3)25-16(24)10-13(18)14(23)11-22-15(19-20-21-22)9-12-7-5-4-6-8-12;/h4-8,13H,9-11,18H2,1-3H3;1H. The topological polar surface area (TPSA) is 113 Å². The summed E-state index contributed by atoms with van der Waals surface area (Å²) in [5, 5.41) is 11.4. The van der Waals surface area contributed by atoms with Crippen LogP contribution in [0.3, 0.4) is 0 Å². The van der Waals surface area contributed by atoms with Crippen molar-refractivity contribution in [3.63, 3.8) is 0 Å². The van der Waals surface area contributed by atoms with E-state index in [9.17, 15) is 9.59 Å². The number of aromatic nitrogens is 4. The molecule has 1 unspecified atom stereocenters. The summed E-state index contributed by atoms with van der Waals surface area (Å²) in [7, 11) is 0. The molecule has 0 saturated carbocycles. The highest BCUT2D eigenvalue weighted by atomic mass is 35.5. The van der Waals surface area contributed by atoms with Gasteiger partial charge in [-0.05, 0) is 36.8 Å². The Kier molecular flexibility index (Phi) is 7.85. The number of carbonyl (C=O) groups is 2. The van der Waals surface area contributed by atoms with E-state index >= 15 is 0 Å². The van der Waals surface area contributed by atoms with Crippen LogP contribution in [0.1, 0.15) is 38.6 Å². The van der Waals surface area contributed by atoms with Crippen molar-refractivity contribution in [1.29, 1.82) is 0 Å². The van der Waals surface area contributed by atoms with E-state index in [0.29, 0.717) is 12.2 Å². The SMILES string of the molecule is CC(C)(C)OC(=O)CC(N)C(=O)Cn1nnnc1Cc1ccccc1.Cl. The van der Waals surface area contributed by atoms with Crippen molar-refractivity contribution < 1.29 is 14.3 Å². The first kappa shape index (κ1) is 21.7. The number of tetrazole rings is 1. The van der Waals surface area contributed by atoms with Crippen LogP contribution in [-0.4, -0.2) is 43.6 Å². The van der Waals surface area contributed by atoms with Crippen molar-refractivity contribution in [3.8, 4) is 0 Å². The van der Waals surface area contributed by atoms with E-state index in [4.69, 9.17) is 10.5 Å². The van der Waals surface area contributed by atoms with Crippen molar-refractivity contribution >= 4 is 24.2 Å².